The SMILES string of the molecule is C[C@@]12COC[C@]1(c1cc(NC(=O)c3cnc(OCC(F)(F)F)cn3)ccc1F)N=C(N)OC2. The van der Waals surface area contributed by atoms with Crippen LogP contribution in [0.1, 0.15) is 23.0 Å². The molecule has 0 bridgehead atoms. The van der Waals surface area contributed by atoms with Crippen LogP contribution in [0, 0.1) is 11.2 Å². The number of benzene rings is 1. The number of ether oxygens (including phenoxy) is 3. The Balaban J connectivity index is 1.55. The van der Waals surface area contributed by atoms with Crippen LogP contribution in [0.5, 0.6) is 5.88 Å². The highest BCUT2D eigenvalue weighted by Gasteiger charge is 2.58. The molecule has 0 aliphatic carbocycles. The zero-order valence-corrected chi connectivity index (χ0v) is 17.3. The molecule has 3 heterocycles. The lowest BCUT2D eigenvalue weighted by atomic mass is 9.69. The Morgan fingerprint density at radius 3 is 2.73 bits per heavy atom. The van der Waals surface area contributed by atoms with Gasteiger partial charge in [0.25, 0.3) is 11.9 Å². The summed E-state index contributed by atoms with van der Waals surface area (Å²) in [6.45, 7) is 0.842. The number of halogens is 4. The Kier molecular flexibility index (Phi) is 5.60. The third kappa shape index (κ3) is 4.40. The van der Waals surface area contributed by atoms with Crippen molar-refractivity contribution in [3.8, 4) is 5.88 Å². The van der Waals surface area contributed by atoms with Gasteiger partial charge in [0.05, 0.1) is 31.0 Å². The number of hydrogen-bond acceptors (Lipinski definition) is 8. The van der Waals surface area contributed by atoms with Gasteiger partial charge in [0.15, 0.2) is 6.61 Å². The highest BCUT2D eigenvalue weighted by molar-refractivity contribution is 6.02. The minimum Gasteiger partial charge on any atom is -0.467 e. The lowest BCUT2D eigenvalue weighted by molar-refractivity contribution is -0.154. The van der Waals surface area contributed by atoms with Gasteiger partial charge < -0.3 is 25.3 Å². The number of rotatable bonds is 5. The molecule has 1 aromatic heterocycles. The van der Waals surface area contributed by atoms with Crippen molar-refractivity contribution >= 4 is 17.6 Å². The zero-order valence-electron chi connectivity index (χ0n) is 17.3. The van der Waals surface area contributed by atoms with Crippen LogP contribution in [0.3, 0.4) is 0 Å². The first-order valence-electron chi connectivity index (χ1n) is 9.70. The van der Waals surface area contributed by atoms with E-state index in [2.05, 4.69) is 25.0 Å². The third-order valence-electron chi connectivity index (χ3n) is 5.48. The summed E-state index contributed by atoms with van der Waals surface area (Å²) in [4.78, 5) is 24.3. The first-order chi connectivity index (χ1) is 15.5. The number of nitrogens with two attached hydrogens (primary N) is 1. The lowest BCUT2D eigenvalue weighted by Crippen LogP contribution is -2.50. The fourth-order valence-electron chi connectivity index (χ4n) is 3.74. The predicted octanol–water partition coefficient (Wildman–Crippen LogP) is 2.39. The fraction of sp³-hybridized carbons (Fsp3) is 0.400. The number of aromatic nitrogens is 2. The lowest BCUT2D eigenvalue weighted by Gasteiger charge is -2.42. The van der Waals surface area contributed by atoms with Crippen LogP contribution in [-0.2, 0) is 15.0 Å². The smallest absolute Gasteiger partial charge is 0.422 e. The molecule has 4 rings (SSSR count). The van der Waals surface area contributed by atoms with E-state index < -0.39 is 35.5 Å². The van der Waals surface area contributed by atoms with E-state index >= 15 is 0 Å². The second kappa shape index (κ2) is 8.14. The number of amidine groups is 1. The van der Waals surface area contributed by atoms with Crippen LogP contribution in [0.15, 0.2) is 35.6 Å². The Bertz CT molecular complexity index is 1090. The van der Waals surface area contributed by atoms with Crippen molar-refractivity contribution in [2.75, 3.05) is 31.7 Å². The normalized spacial score (nSPS) is 24.5. The fourth-order valence-corrected chi connectivity index (χ4v) is 3.74. The molecule has 176 valence electrons. The van der Waals surface area contributed by atoms with E-state index in [1.54, 1.807) is 0 Å². The summed E-state index contributed by atoms with van der Waals surface area (Å²) in [6.07, 6.45) is -2.66. The maximum absolute atomic E-state index is 14.9. The molecular formula is C20H19F4N5O4. The molecule has 13 heteroatoms. The van der Waals surface area contributed by atoms with Gasteiger partial charge in [-0.2, -0.15) is 13.2 Å². The van der Waals surface area contributed by atoms with Gasteiger partial charge in [-0.3, -0.25) is 4.79 Å². The van der Waals surface area contributed by atoms with Crippen LogP contribution in [0.4, 0.5) is 23.2 Å². The summed E-state index contributed by atoms with van der Waals surface area (Å²) in [5, 5.41) is 2.56. The van der Waals surface area contributed by atoms with Crippen molar-refractivity contribution in [2.45, 2.75) is 18.6 Å². The molecule has 1 amide bonds. The predicted molar refractivity (Wildman–Crippen MR) is 106 cm³/mol. The maximum atomic E-state index is 14.9. The van der Waals surface area contributed by atoms with Crippen LogP contribution in [-0.4, -0.2) is 54.5 Å². The molecule has 1 saturated heterocycles. The number of carbonyl (C=O) groups excluding carboxylic acids is 1. The summed E-state index contributed by atoms with van der Waals surface area (Å²) >= 11 is 0. The van der Waals surface area contributed by atoms with Gasteiger partial charge in [-0.25, -0.2) is 19.4 Å². The highest BCUT2D eigenvalue weighted by Crippen LogP contribution is 2.51. The average Bonchev–Trinajstić information content (AvgIpc) is 3.10. The number of fused-ring (bicyclic) bond motifs is 1. The Hall–Kier alpha value is -3.48. The van der Waals surface area contributed by atoms with Crippen LogP contribution in [0.2, 0.25) is 0 Å². The van der Waals surface area contributed by atoms with Gasteiger partial charge >= 0.3 is 6.18 Å². The average molecular weight is 469 g/mol. The summed E-state index contributed by atoms with van der Waals surface area (Å²) in [7, 11) is 0. The minimum atomic E-state index is -4.53. The van der Waals surface area contributed by atoms with Gasteiger partial charge in [-0.15, -0.1) is 0 Å². The summed E-state index contributed by atoms with van der Waals surface area (Å²) in [5.41, 5.74) is 4.17. The van der Waals surface area contributed by atoms with Gasteiger partial charge in [-0.05, 0) is 18.2 Å². The van der Waals surface area contributed by atoms with Gasteiger partial charge in [-0.1, -0.05) is 6.92 Å². The van der Waals surface area contributed by atoms with E-state index in [0.29, 0.717) is 0 Å². The standard InChI is InChI=1S/C20H19F4N5O4/c1-18-7-31-9-19(18,29-17(25)33-8-18)12-4-11(2-3-13(12)21)28-16(30)14-5-27-15(6-26-14)32-10-20(22,23)24/h2-6H,7-10H2,1H3,(H2,25,29)(H,28,30)/t18-,19+/m0/s1. The highest BCUT2D eigenvalue weighted by atomic mass is 19.4. The summed E-state index contributed by atoms with van der Waals surface area (Å²) in [6, 6.07) is 3.87. The number of anilines is 1. The second-order valence-corrected chi connectivity index (χ2v) is 7.94. The molecule has 2 aliphatic heterocycles. The first kappa shape index (κ1) is 22.7. The quantitative estimate of drug-likeness (QED) is 0.645. The van der Waals surface area contributed by atoms with Crippen molar-refractivity contribution in [3.63, 3.8) is 0 Å². The van der Waals surface area contributed by atoms with Crippen molar-refractivity contribution in [3.05, 3.63) is 47.7 Å². The van der Waals surface area contributed by atoms with Crippen LogP contribution < -0.4 is 15.8 Å². The van der Waals surface area contributed by atoms with E-state index in [-0.39, 0.29) is 48.7 Å². The molecule has 1 fully saturated rings. The molecule has 2 aliphatic rings. The van der Waals surface area contributed by atoms with Crippen molar-refractivity contribution in [1.29, 1.82) is 0 Å². The van der Waals surface area contributed by atoms with Gasteiger partial charge in [0, 0.05) is 11.3 Å². The van der Waals surface area contributed by atoms with E-state index in [0.717, 1.165) is 12.4 Å². The van der Waals surface area contributed by atoms with Crippen LogP contribution in [0.25, 0.3) is 0 Å². The van der Waals surface area contributed by atoms with Crippen LogP contribution >= 0.6 is 0 Å². The number of aliphatic imine (C=N–C) groups is 1. The monoisotopic (exact) mass is 469 g/mol. The van der Waals surface area contributed by atoms with Crippen molar-refractivity contribution < 1.29 is 36.6 Å². The molecule has 0 radical (unpaired) electrons. The molecule has 33 heavy (non-hydrogen) atoms. The van der Waals surface area contributed by atoms with Crippen molar-refractivity contribution in [2.24, 2.45) is 16.1 Å². The molecule has 9 nitrogen and oxygen atoms in total. The van der Waals surface area contributed by atoms with Crippen molar-refractivity contribution in [1.82, 2.24) is 9.97 Å². The minimum absolute atomic E-state index is 0.0761. The molecule has 2 aromatic rings. The number of nitrogens with zero attached hydrogens (tertiary/aromatic N) is 3. The molecular weight excluding hydrogens is 450 g/mol. The number of amides is 1. The zero-order chi connectivity index (χ0) is 23.9. The molecule has 0 saturated carbocycles. The van der Waals surface area contributed by atoms with E-state index in [9.17, 15) is 22.4 Å². The number of nitrogens with one attached hydrogen (secondary N) is 1. The Morgan fingerprint density at radius 1 is 1.24 bits per heavy atom. The largest absolute Gasteiger partial charge is 0.467 e. The maximum Gasteiger partial charge on any atom is 0.422 e. The Labute approximate surface area is 185 Å². The second-order valence-electron chi connectivity index (χ2n) is 7.94. The number of alkyl halides is 3. The van der Waals surface area contributed by atoms with E-state index in [1.807, 2.05) is 6.92 Å². The number of carbonyl (C=O) groups is 1. The van der Waals surface area contributed by atoms with E-state index in [4.69, 9.17) is 15.2 Å². The van der Waals surface area contributed by atoms with E-state index in [1.165, 1.54) is 18.2 Å². The van der Waals surface area contributed by atoms with Gasteiger partial charge in [0.2, 0.25) is 5.88 Å². The molecule has 2 atom stereocenters. The van der Waals surface area contributed by atoms with Gasteiger partial charge in [0.1, 0.15) is 23.7 Å². The Morgan fingerprint density at radius 2 is 2.03 bits per heavy atom. The first-order valence-corrected chi connectivity index (χ1v) is 9.70. The molecule has 1 aromatic carbocycles. The molecule has 0 spiro atoms. The third-order valence-corrected chi connectivity index (χ3v) is 5.48. The summed E-state index contributed by atoms with van der Waals surface area (Å²) < 4.78 is 67.0. The molecule has 3 N–H and O–H groups in total. The summed E-state index contributed by atoms with van der Waals surface area (Å²) in [5.74, 6) is -1.66. The number of hydrogen-bond donors (Lipinski definition) is 2. The topological polar surface area (TPSA) is 121 Å². The molecule has 0 unspecified atom stereocenters.